The molecule has 0 amide bonds. The van der Waals surface area contributed by atoms with Crippen LogP contribution in [0.1, 0.15) is 42.0 Å². The Hall–Kier alpha value is -2.48. The highest BCUT2D eigenvalue weighted by atomic mass is 16.5. The smallest absolute Gasteiger partial charge is 0.124 e. The predicted octanol–water partition coefficient (Wildman–Crippen LogP) is 3.54. The van der Waals surface area contributed by atoms with E-state index in [-0.39, 0.29) is 18.2 Å². The Morgan fingerprint density at radius 1 is 1.00 bits per heavy atom. The van der Waals surface area contributed by atoms with Crippen LogP contribution in [0.2, 0.25) is 0 Å². The Morgan fingerprint density at radius 2 is 1.78 bits per heavy atom. The van der Waals surface area contributed by atoms with Crippen LogP contribution in [0.15, 0.2) is 36.5 Å². The number of hydrogen-bond acceptors (Lipinski definition) is 6. The van der Waals surface area contributed by atoms with Crippen molar-refractivity contribution < 1.29 is 4.74 Å². The summed E-state index contributed by atoms with van der Waals surface area (Å²) in [7, 11) is 6.21. The number of methoxy groups -OCH3 is 1. The minimum atomic E-state index is 0.146. The second kappa shape index (κ2) is 8.81. The Bertz CT molecular complexity index is 1070. The highest BCUT2D eigenvalue weighted by Gasteiger charge is 2.38. The number of piperazine rings is 1. The number of pyridine rings is 1. The number of anilines is 1. The quantitative estimate of drug-likeness (QED) is 0.678. The van der Waals surface area contributed by atoms with E-state index in [2.05, 4.69) is 65.0 Å². The number of H-pyrrole nitrogens is 1. The molecule has 2 aliphatic rings. The molecule has 1 N–H and O–H groups in total. The summed E-state index contributed by atoms with van der Waals surface area (Å²) < 4.78 is 5.88. The van der Waals surface area contributed by atoms with Crippen molar-refractivity contribution in [1.82, 2.24) is 24.8 Å². The van der Waals surface area contributed by atoms with Gasteiger partial charge in [0.2, 0.25) is 0 Å². The lowest BCUT2D eigenvalue weighted by Gasteiger charge is -2.42. The fourth-order valence-electron chi connectivity index (χ4n) is 5.30. The number of benzene rings is 1. The van der Waals surface area contributed by atoms with Crippen molar-refractivity contribution in [2.75, 3.05) is 52.3 Å². The molecule has 3 atom stereocenters. The summed E-state index contributed by atoms with van der Waals surface area (Å²) in [6, 6.07) is 11.0. The summed E-state index contributed by atoms with van der Waals surface area (Å²) in [4.78, 5) is 20.8. The standard InChI is InChI=1S/C25H34N6O/c1-17-7-6-10-26-23(17)21-15-18(32-4)16-22(30(21)3)25-27-19-8-5-9-20(24(19)28-25)31-13-11-29(2)12-14-31/h5-10,18,21-22H,11-16H2,1-4H3,(H,27,28)/t18-,21+,22-/m1/s1. The number of aromatic nitrogens is 3. The number of rotatable bonds is 4. The molecule has 170 valence electrons. The minimum absolute atomic E-state index is 0.146. The zero-order valence-corrected chi connectivity index (χ0v) is 19.6. The molecule has 2 aromatic heterocycles. The van der Waals surface area contributed by atoms with E-state index in [1.807, 2.05) is 19.4 Å². The van der Waals surface area contributed by atoms with E-state index in [0.29, 0.717) is 0 Å². The third-order valence-corrected chi connectivity index (χ3v) is 7.33. The number of aryl methyl sites for hydroxylation is 1. The number of piperidine rings is 1. The summed E-state index contributed by atoms with van der Waals surface area (Å²) in [5.41, 5.74) is 5.80. The molecule has 5 rings (SSSR count). The fourth-order valence-corrected chi connectivity index (χ4v) is 5.30. The van der Waals surface area contributed by atoms with Crippen molar-refractivity contribution >= 4 is 16.7 Å². The number of hydrogen-bond donors (Lipinski definition) is 1. The molecule has 2 aliphatic heterocycles. The molecule has 7 heteroatoms. The zero-order valence-electron chi connectivity index (χ0n) is 19.6. The van der Waals surface area contributed by atoms with E-state index < -0.39 is 0 Å². The summed E-state index contributed by atoms with van der Waals surface area (Å²) in [6.45, 7) is 6.40. The average molecular weight is 435 g/mol. The van der Waals surface area contributed by atoms with Gasteiger partial charge in [0.05, 0.1) is 40.6 Å². The van der Waals surface area contributed by atoms with Crippen LogP contribution >= 0.6 is 0 Å². The Morgan fingerprint density at radius 3 is 2.53 bits per heavy atom. The van der Waals surface area contributed by atoms with Crippen molar-refractivity contribution in [1.29, 1.82) is 0 Å². The maximum atomic E-state index is 5.88. The van der Waals surface area contributed by atoms with Crippen molar-refractivity contribution in [3.63, 3.8) is 0 Å². The first-order chi connectivity index (χ1) is 15.5. The second-order valence-electron chi connectivity index (χ2n) is 9.32. The number of likely N-dealkylation sites (N-methyl/N-ethyl adjacent to an activating group) is 1. The number of aromatic amines is 1. The van der Waals surface area contributed by atoms with Crippen LogP contribution in [0.4, 0.5) is 5.69 Å². The third kappa shape index (κ3) is 3.89. The molecule has 2 saturated heterocycles. The molecule has 1 aromatic carbocycles. The van der Waals surface area contributed by atoms with Crippen LogP contribution in [-0.4, -0.2) is 78.2 Å². The van der Waals surface area contributed by atoms with Crippen LogP contribution < -0.4 is 4.90 Å². The average Bonchev–Trinajstić information content (AvgIpc) is 3.25. The number of para-hydroxylation sites is 1. The highest BCUT2D eigenvalue weighted by molar-refractivity contribution is 5.89. The fraction of sp³-hybridized carbons (Fsp3) is 0.520. The lowest BCUT2D eigenvalue weighted by Crippen LogP contribution is -2.44. The van der Waals surface area contributed by atoms with Gasteiger partial charge in [0.15, 0.2) is 0 Å². The third-order valence-electron chi connectivity index (χ3n) is 7.33. The van der Waals surface area contributed by atoms with Crippen molar-refractivity contribution in [3.8, 4) is 0 Å². The van der Waals surface area contributed by atoms with Crippen LogP contribution in [-0.2, 0) is 4.74 Å². The van der Waals surface area contributed by atoms with Crippen LogP contribution in [0.3, 0.4) is 0 Å². The number of ether oxygens (including phenoxy) is 1. The van der Waals surface area contributed by atoms with Gasteiger partial charge in [0.25, 0.3) is 0 Å². The van der Waals surface area contributed by atoms with Gasteiger partial charge >= 0.3 is 0 Å². The molecule has 3 aromatic rings. The van der Waals surface area contributed by atoms with Crippen molar-refractivity contribution in [2.24, 2.45) is 0 Å². The molecule has 32 heavy (non-hydrogen) atoms. The molecule has 7 nitrogen and oxygen atoms in total. The maximum Gasteiger partial charge on any atom is 0.124 e. The number of nitrogens with one attached hydrogen (secondary N) is 1. The topological polar surface area (TPSA) is 60.5 Å². The van der Waals surface area contributed by atoms with Crippen LogP contribution in [0.5, 0.6) is 0 Å². The first kappa shape index (κ1) is 21.4. The summed E-state index contributed by atoms with van der Waals surface area (Å²) in [5, 5.41) is 0. The Labute approximate surface area is 190 Å². The largest absolute Gasteiger partial charge is 0.381 e. The lowest BCUT2D eigenvalue weighted by atomic mass is 9.89. The normalized spacial score (nSPS) is 25.5. The summed E-state index contributed by atoms with van der Waals surface area (Å²) in [6.07, 6.45) is 3.92. The SMILES string of the molecule is CO[C@H]1C[C@H](c2nc3cccc(N4CCN(C)CC4)c3[nH]2)N(C)[C@H](c2ncccc2C)C1. The van der Waals surface area contributed by atoms with Gasteiger partial charge in [0, 0.05) is 39.5 Å². The van der Waals surface area contributed by atoms with Gasteiger partial charge in [-0.15, -0.1) is 0 Å². The van der Waals surface area contributed by atoms with E-state index in [4.69, 9.17) is 14.7 Å². The van der Waals surface area contributed by atoms with E-state index in [9.17, 15) is 0 Å². The number of fused-ring (bicyclic) bond motifs is 1. The Kier molecular flexibility index (Phi) is 5.88. The van der Waals surface area contributed by atoms with Gasteiger partial charge in [-0.2, -0.15) is 0 Å². The number of likely N-dealkylation sites (tertiary alicyclic amines) is 1. The molecule has 0 saturated carbocycles. The molecule has 0 unspecified atom stereocenters. The molecular formula is C25H34N6O. The van der Waals surface area contributed by atoms with Gasteiger partial charge in [0.1, 0.15) is 5.82 Å². The molecule has 0 spiro atoms. The van der Waals surface area contributed by atoms with Gasteiger partial charge in [-0.3, -0.25) is 9.88 Å². The molecule has 4 heterocycles. The first-order valence-corrected chi connectivity index (χ1v) is 11.6. The molecule has 0 aliphatic carbocycles. The van der Waals surface area contributed by atoms with Crippen molar-refractivity contribution in [3.05, 3.63) is 53.6 Å². The molecule has 0 radical (unpaired) electrons. The summed E-state index contributed by atoms with van der Waals surface area (Å²) in [5.74, 6) is 1.02. The molecular weight excluding hydrogens is 400 g/mol. The van der Waals surface area contributed by atoms with E-state index in [0.717, 1.165) is 61.6 Å². The van der Waals surface area contributed by atoms with Crippen LogP contribution in [0.25, 0.3) is 11.0 Å². The van der Waals surface area contributed by atoms with Crippen LogP contribution in [0, 0.1) is 6.92 Å². The van der Waals surface area contributed by atoms with Crippen molar-refractivity contribution in [2.45, 2.75) is 38.0 Å². The van der Waals surface area contributed by atoms with Gasteiger partial charge in [-0.05, 0) is 57.6 Å². The van der Waals surface area contributed by atoms with E-state index in [1.165, 1.54) is 11.3 Å². The maximum absolute atomic E-state index is 5.88. The second-order valence-corrected chi connectivity index (χ2v) is 9.32. The zero-order chi connectivity index (χ0) is 22.2. The number of nitrogens with zero attached hydrogens (tertiary/aromatic N) is 5. The molecule has 0 bridgehead atoms. The van der Waals surface area contributed by atoms with E-state index >= 15 is 0 Å². The summed E-state index contributed by atoms with van der Waals surface area (Å²) >= 11 is 0. The first-order valence-electron chi connectivity index (χ1n) is 11.6. The lowest BCUT2D eigenvalue weighted by molar-refractivity contribution is -0.0155. The van der Waals surface area contributed by atoms with E-state index in [1.54, 1.807) is 0 Å². The predicted molar refractivity (Wildman–Crippen MR) is 128 cm³/mol. The Balaban J connectivity index is 1.49. The monoisotopic (exact) mass is 434 g/mol. The van der Waals surface area contributed by atoms with Gasteiger partial charge < -0.3 is 19.5 Å². The number of imidazole rings is 1. The van der Waals surface area contributed by atoms with Gasteiger partial charge in [-0.1, -0.05) is 12.1 Å². The minimum Gasteiger partial charge on any atom is -0.381 e. The highest BCUT2D eigenvalue weighted by Crippen LogP contribution is 2.41. The van der Waals surface area contributed by atoms with Gasteiger partial charge in [-0.25, -0.2) is 4.98 Å². The molecule has 2 fully saturated rings.